The topological polar surface area (TPSA) is 29.4 Å². The number of rotatable bonds is 5. The van der Waals surface area contributed by atoms with E-state index in [1.807, 2.05) is 91.9 Å². The van der Waals surface area contributed by atoms with Crippen molar-refractivity contribution < 1.29 is 4.21 Å². The first-order chi connectivity index (χ1) is 15.0. The summed E-state index contributed by atoms with van der Waals surface area (Å²) < 4.78 is 19.5. The molecule has 0 fully saturated rings. The molecule has 0 aliphatic carbocycles. The summed E-state index contributed by atoms with van der Waals surface area (Å²) in [6.07, 6.45) is 1.89. The summed E-state index contributed by atoms with van der Waals surface area (Å²) in [7, 11) is -2.78. The second kappa shape index (κ2) is 9.46. The van der Waals surface area contributed by atoms with Gasteiger partial charge in [0.05, 0.1) is 10.6 Å². The maximum Gasteiger partial charge on any atom is 0.102 e. The number of aryl methyl sites for hydroxylation is 1. The Morgan fingerprint density at radius 2 is 1.35 bits per heavy atom. The van der Waals surface area contributed by atoms with Crippen LogP contribution in [0.15, 0.2) is 122 Å². The van der Waals surface area contributed by atoms with Crippen LogP contribution in [0.25, 0.3) is 17.2 Å². The minimum Gasteiger partial charge on any atom is -0.240 e. The maximum atomic E-state index is 13.9. The minimum atomic E-state index is -2.78. The van der Waals surface area contributed by atoms with E-state index in [1.54, 1.807) is 5.41 Å². The van der Waals surface area contributed by atoms with E-state index < -0.39 is 9.73 Å². The van der Waals surface area contributed by atoms with Crippen LogP contribution in [0, 0.1) is 6.92 Å². The van der Waals surface area contributed by atoms with Gasteiger partial charge in [-0.3, -0.25) is 0 Å². The van der Waals surface area contributed by atoms with Gasteiger partial charge in [0.1, 0.15) is 9.73 Å². The summed E-state index contributed by atoms with van der Waals surface area (Å²) >= 11 is 3.43. The van der Waals surface area contributed by atoms with E-state index in [1.165, 1.54) is 5.56 Å². The summed E-state index contributed by atoms with van der Waals surface area (Å²) in [6, 6.07) is 33.7. The van der Waals surface area contributed by atoms with E-state index in [-0.39, 0.29) is 0 Å². The van der Waals surface area contributed by atoms with Crippen LogP contribution < -0.4 is 0 Å². The molecule has 0 aliphatic rings. The Labute approximate surface area is 192 Å². The normalized spacial score (nSPS) is 13.1. The molecule has 1 atom stereocenters. The fourth-order valence-corrected chi connectivity index (χ4v) is 5.03. The number of hydrogen-bond donors (Lipinski definition) is 0. The molecule has 0 radical (unpaired) electrons. The third kappa shape index (κ3) is 5.40. The highest BCUT2D eigenvalue weighted by Gasteiger charge is 2.10. The summed E-state index contributed by atoms with van der Waals surface area (Å²) in [5.41, 5.74) is 5.10. The minimum absolute atomic E-state index is 0.679. The van der Waals surface area contributed by atoms with Gasteiger partial charge in [0, 0.05) is 9.88 Å². The molecule has 31 heavy (non-hydrogen) atoms. The van der Waals surface area contributed by atoms with Crippen molar-refractivity contribution in [3.05, 3.63) is 124 Å². The summed E-state index contributed by atoms with van der Waals surface area (Å²) in [5, 5.41) is 1.72. The molecule has 0 heterocycles. The molecular formula is C27H22BrNOS. The Morgan fingerprint density at radius 3 is 2.00 bits per heavy atom. The molecule has 0 aliphatic heterocycles. The highest BCUT2D eigenvalue weighted by molar-refractivity contribution is 9.10. The number of nitrogens with zero attached hydrogens (tertiary/aromatic N) is 1. The Kier molecular flexibility index (Phi) is 6.50. The van der Waals surface area contributed by atoms with E-state index >= 15 is 0 Å². The summed E-state index contributed by atoms with van der Waals surface area (Å²) in [4.78, 5) is 0.693. The molecular weight excluding hydrogens is 466 g/mol. The molecule has 2 nitrogen and oxygen atoms in total. The van der Waals surface area contributed by atoms with Crippen molar-refractivity contribution in [1.29, 1.82) is 0 Å². The van der Waals surface area contributed by atoms with Crippen molar-refractivity contribution in [2.75, 3.05) is 0 Å². The third-order valence-corrected chi connectivity index (χ3v) is 7.35. The Morgan fingerprint density at radius 1 is 0.742 bits per heavy atom. The number of hydrogen-bond acceptors (Lipinski definition) is 2. The van der Waals surface area contributed by atoms with Crippen molar-refractivity contribution in [3.63, 3.8) is 0 Å². The van der Waals surface area contributed by atoms with Gasteiger partial charge in [-0.2, -0.15) is 4.36 Å². The van der Waals surface area contributed by atoms with Crippen LogP contribution in [0.2, 0.25) is 0 Å². The molecule has 0 N–H and O–H groups in total. The average Bonchev–Trinajstić information content (AvgIpc) is 2.81. The van der Waals surface area contributed by atoms with Crippen LogP contribution in [-0.4, -0.2) is 4.21 Å². The van der Waals surface area contributed by atoms with Crippen molar-refractivity contribution in [3.8, 4) is 11.1 Å². The van der Waals surface area contributed by atoms with Gasteiger partial charge in [-0.15, -0.1) is 0 Å². The van der Waals surface area contributed by atoms with Gasteiger partial charge in [0.2, 0.25) is 0 Å². The first-order valence-electron chi connectivity index (χ1n) is 9.95. The second-order valence-corrected chi connectivity index (χ2v) is 10.2. The number of halogens is 1. The highest BCUT2D eigenvalue weighted by Crippen LogP contribution is 2.25. The van der Waals surface area contributed by atoms with Crippen LogP contribution in [0.1, 0.15) is 11.1 Å². The van der Waals surface area contributed by atoms with Crippen LogP contribution >= 0.6 is 15.9 Å². The Balaban J connectivity index is 1.70. The van der Waals surface area contributed by atoms with Crippen LogP contribution in [0.4, 0.5) is 5.69 Å². The predicted octanol–water partition coefficient (Wildman–Crippen LogP) is 8.25. The van der Waals surface area contributed by atoms with Gasteiger partial charge >= 0.3 is 0 Å². The van der Waals surface area contributed by atoms with Gasteiger partial charge in [-0.1, -0.05) is 88.2 Å². The van der Waals surface area contributed by atoms with E-state index in [0.29, 0.717) is 10.6 Å². The molecule has 4 heteroatoms. The largest absolute Gasteiger partial charge is 0.240 e. The molecule has 4 aromatic carbocycles. The quantitative estimate of drug-likeness (QED) is 0.278. The standard InChI is InChI=1S/C27H22BrNOS/c1-21-7-17-27(18-8-21)31(30,29-26-15-13-25(28)14-16-26)20-19-22-9-11-24(12-10-22)23-5-3-2-4-6-23/h2-20H,1H3/b20-19+. The zero-order chi connectivity index (χ0) is 21.7. The number of benzene rings is 4. The predicted molar refractivity (Wildman–Crippen MR) is 135 cm³/mol. The van der Waals surface area contributed by atoms with E-state index in [0.717, 1.165) is 21.2 Å². The average molecular weight is 488 g/mol. The van der Waals surface area contributed by atoms with E-state index in [2.05, 4.69) is 44.6 Å². The second-order valence-electron chi connectivity index (χ2n) is 7.24. The third-order valence-electron chi connectivity index (χ3n) is 4.89. The zero-order valence-electron chi connectivity index (χ0n) is 17.1. The van der Waals surface area contributed by atoms with Gasteiger partial charge in [0.25, 0.3) is 0 Å². The van der Waals surface area contributed by atoms with Crippen LogP contribution in [0.3, 0.4) is 0 Å². The Bertz CT molecular complexity index is 1300. The lowest BCUT2D eigenvalue weighted by Crippen LogP contribution is -1.96. The van der Waals surface area contributed by atoms with Crippen molar-refractivity contribution in [2.45, 2.75) is 11.8 Å². The molecule has 4 rings (SSSR count). The van der Waals surface area contributed by atoms with Gasteiger partial charge in [0.15, 0.2) is 0 Å². The first kappa shape index (κ1) is 21.3. The lowest BCUT2D eigenvalue weighted by atomic mass is 10.0. The molecule has 0 bridgehead atoms. The van der Waals surface area contributed by atoms with Gasteiger partial charge in [-0.05, 0) is 66.1 Å². The maximum absolute atomic E-state index is 13.9. The SMILES string of the molecule is Cc1ccc(S(=O)(/C=C/c2ccc(-c3ccccc3)cc2)=Nc2ccc(Br)cc2)cc1. The molecule has 4 aromatic rings. The van der Waals surface area contributed by atoms with Gasteiger partial charge in [-0.25, -0.2) is 4.21 Å². The fourth-order valence-electron chi connectivity index (χ4n) is 3.14. The molecule has 0 aromatic heterocycles. The Hall–Kier alpha value is -2.95. The van der Waals surface area contributed by atoms with Crippen LogP contribution in [-0.2, 0) is 9.73 Å². The molecule has 1 unspecified atom stereocenters. The monoisotopic (exact) mass is 487 g/mol. The van der Waals surface area contributed by atoms with Crippen molar-refractivity contribution in [2.24, 2.45) is 4.36 Å². The van der Waals surface area contributed by atoms with Crippen molar-refractivity contribution >= 4 is 37.4 Å². The summed E-state index contributed by atoms with van der Waals surface area (Å²) in [6.45, 7) is 2.02. The lowest BCUT2D eigenvalue weighted by Gasteiger charge is -2.07. The van der Waals surface area contributed by atoms with Gasteiger partial charge < -0.3 is 0 Å². The molecule has 0 saturated heterocycles. The first-order valence-corrected chi connectivity index (χ1v) is 12.3. The van der Waals surface area contributed by atoms with Crippen molar-refractivity contribution in [1.82, 2.24) is 0 Å². The smallest absolute Gasteiger partial charge is 0.102 e. The summed E-state index contributed by atoms with van der Waals surface area (Å²) in [5.74, 6) is 0. The lowest BCUT2D eigenvalue weighted by molar-refractivity contribution is 0.682. The highest BCUT2D eigenvalue weighted by atomic mass is 79.9. The molecule has 0 amide bonds. The molecule has 154 valence electrons. The fraction of sp³-hybridized carbons (Fsp3) is 0.0370. The molecule has 0 spiro atoms. The van der Waals surface area contributed by atoms with E-state index in [4.69, 9.17) is 0 Å². The van der Waals surface area contributed by atoms with Crippen LogP contribution in [0.5, 0.6) is 0 Å². The van der Waals surface area contributed by atoms with E-state index in [9.17, 15) is 4.21 Å². The molecule has 0 saturated carbocycles. The zero-order valence-corrected chi connectivity index (χ0v) is 19.5.